The first-order chi connectivity index (χ1) is 15.1. The fourth-order valence-electron chi connectivity index (χ4n) is 4.12. The first-order valence-electron chi connectivity index (χ1n) is 10.7. The summed E-state index contributed by atoms with van der Waals surface area (Å²) in [7, 11) is 1.60. The Kier molecular flexibility index (Phi) is 6.93. The van der Waals surface area contributed by atoms with Crippen molar-refractivity contribution in [3.8, 4) is 5.75 Å². The number of rotatable bonds is 6. The second-order valence-corrected chi connectivity index (χ2v) is 7.93. The first-order valence-corrected chi connectivity index (χ1v) is 10.7. The number of piperazine rings is 2. The zero-order valence-corrected chi connectivity index (χ0v) is 17.9. The monoisotopic (exact) mass is 428 g/mol. The summed E-state index contributed by atoms with van der Waals surface area (Å²) in [6, 6.07) is 6.42. The minimum absolute atomic E-state index is 0.175. The van der Waals surface area contributed by atoms with Crippen molar-refractivity contribution in [2.75, 3.05) is 70.9 Å². The van der Waals surface area contributed by atoms with Crippen LogP contribution in [0.15, 0.2) is 36.7 Å². The number of carbonyl (C=O) groups excluding carboxylic acids is 1. The summed E-state index contributed by atoms with van der Waals surface area (Å²) in [5.74, 6) is 1.35. The molecule has 2 saturated heterocycles. The molecule has 31 heavy (non-hydrogen) atoms. The molecule has 1 aromatic heterocycles. The van der Waals surface area contributed by atoms with Crippen molar-refractivity contribution in [3.05, 3.63) is 48.0 Å². The molecule has 0 aliphatic carbocycles. The van der Waals surface area contributed by atoms with Gasteiger partial charge in [-0.05, 0) is 24.3 Å². The number of hydrogen-bond acceptors (Lipinski definition) is 7. The first kappa shape index (κ1) is 21.5. The smallest absolute Gasteiger partial charge is 0.236 e. The molecule has 3 heterocycles. The van der Waals surface area contributed by atoms with E-state index in [1.807, 2.05) is 4.90 Å². The Morgan fingerprint density at radius 3 is 2.35 bits per heavy atom. The van der Waals surface area contributed by atoms with Gasteiger partial charge in [-0.15, -0.1) is 0 Å². The predicted octanol–water partition coefficient (Wildman–Crippen LogP) is 1.09. The van der Waals surface area contributed by atoms with E-state index >= 15 is 0 Å². The molecular weight excluding hydrogens is 399 g/mol. The molecule has 1 amide bonds. The van der Waals surface area contributed by atoms with E-state index in [-0.39, 0.29) is 11.7 Å². The van der Waals surface area contributed by atoms with E-state index in [1.54, 1.807) is 31.6 Å². The van der Waals surface area contributed by atoms with Crippen LogP contribution >= 0.6 is 0 Å². The normalized spacial score (nSPS) is 18.3. The predicted molar refractivity (Wildman–Crippen MR) is 115 cm³/mol. The molecule has 2 fully saturated rings. The Hall–Kier alpha value is -2.78. The lowest BCUT2D eigenvalue weighted by atomic mass is 10.1. The lowest BCUT2D eigenvalue weighted by molar-refractivity contribution is -0.133. The maximum Gasteiger partial charge on any atom is 0.236 e. The van der Waals surface area contributed by atoms with Crippen molar-refractivity contribution in [3.63, 3.8) is 0 Å². The van der Waals surface area contributed by atoms with Crippen LogP contribution in [0.3, 0.4) is 0 Å². The highest BCUT2D eigenvalue weighted by molar-refractivity contribution is 5.78. The molecular formula is C22H29FN6O2. The Balaban J connectivity index is 1.21. The largest absolute Gasteiger partial charge is 0.496 e. The number of ether oxygens (including phenoxy) is 1. The molecule has 8 nitrogen and oxygen atoms in total. The number of hydrogen-bond donors (Lipinski definition) is 0. The number of halogens is 1. The maximum atomic E-state index is 13.6. The highest BCUT2D eigenvalue weighted by Crippen LogP contribution is 2.21. The van der Waals surface area contributed by atoms with Gasteiger partial charge in [-0.25, -0.2) is 14.4 Å². The summed E-state index contributed by atoms with van der Waals surface area (Å²) in [5.41, 5.74) is 0.854. The van der Waals surface area contributed by atoms with E-state index in [2.05, 4.69) is 24.7 Å². The van der Waals surface area contributed by atoms with Crippen LogP contribution in [0.2, 0.25) is 0 Å². The zero-order valence-electron chi connectivity index (χ0n) is 17.9. The molecule has 2 aliphatic heterocycles. The average molecular weight is 429 g/mol. The van der Waals surface area contributed by atoms with E-state index in [1.165, 1.54) is 12.1 Å². The van der Waals surface area contributed by atoms with Gasteiger partial charge in [-0.1, -0.05) is 0 Å². The van der Waals surface area contributed by atoms with Gasteiger partial charge in [-0.2, -0.15) is 0 Å². The average Bonchev–Trinajstić information content (AvgIpc) is 2.81. The SMILES string of the molecule is COc1ccc(F)cc1CN1CCN(CC(=O)N2CCN(c3ncccn3)CC2)CC1. The van der Waals surface area contributed by atoms with Crippen LogP contribution in [0.4, 0.5) is 10.3 Å². The molecule has 4 rings (SSSR count). The molecule has 1 aromatic carbocycles. The van der Waals surface area contributed by atoms with Crippen molar-refractivity contribution in [2.24, 2.45) is 0 Å². The van der Waals surface area contributed by atoms with Gasteiger partial charge in [0.1, 0.15) is 11.6 Å². The molecule has 9 heteroatoms. The van der Waals surface area contributed by atoms with Crippen LogP contribution in [0.1, 0.15) is 5.56 Å². The quantitative estimate of drug-likeness (QED) is 0.683. The van der Waals surface area contributed by atoms with Crippen molar-refractivity contribution >= 4 is 11.9 Å². The van der Waals surface area contributed by atoms with Crippen LogP contribution in [0.5, 0.6) is 5.75 Å². The third kappa shape index (κ3) is 5.48. The third-order valence-electron chi connectivity index (χ3n) is 5.93. The van der Waals surface area contributed by atoms with Crippen molar-refractivity contribution in [1.29, 1.82) is 0 Å². The lowest BCUT2D eigenvalue weighted by Gasteiger charge is -2.38. The molecule has 0 unspecified atom stereocenters. The molecule has 0 spiro atoms. The summed E-state index contributed by atoms with van der Waals surface area (Å²) >= 11 is 0. The minimum atomic E-state index is -0.251. The second kappa shape index (κ2) is 10.0. The van der Waals surface area contributed by atoms with E-state index < -0.39 is 0 Å². The topological polar surface area (TPSA) is 65.0 Å². The molecule has 0 N–H and O–H groups in total. The number of benzene rings is 1. The number of carbonyl (C=O) groups is 1. The summed E-state index contributed by atoms with van der Waals surface area (Å²) in [5, 5.41) is 0. The van der Waals surface area contributed by atoms with E-state index in [9.17, 15) is 9.18 Å². The Morgan fingerprint density at radius 2 is 1.68 bits per heavy atom. The van der Waals surface area contributed by atoms with Gasteiger partial charge in [0.15, 0.2) is 0 Å². The standard InChI is InChI=1S/C22H29FN6O2/c1-31-20-4-3-19(23)15-18(20)16-26-7-9-27(10-8-26)17-21(30)28-11-13-29(14-12-28)22-24-5-2-6-25-22/h2-6,15H,7-14,16-17H2,1H3. The Morgan fingerprint density at radius 1 is 1.00 bits per heavy atom. The molecule has 0 saturated carbocycles. The summed E-state index contributed by atoms with van der Waals surface area (Å²) in [6.07, 6.45) is 3.48. The molecule has 0 radical (unpaired) electrons. The van der Waals surface area contributed by atoms with E-state index in [0.29, 0.717) is 31.9 Å². The van der Waals surface area contributed by atoms with Crippen LogP contribution in [-0.4, -0.2) is 96.6 Å². The number of methoxy groups -OCH3 is 1. The second-order valence-electron chi connectivity index (χ2n) is 7.93. The highest BCUT2D eigenvalue weighted by Gasteiger charge is 2.25. The molecule has 2 aliphatic rings. The molecule has 0 bridgehead atoms. The van der Waals surface area contributed by atoms with Gasteiger partial charge in [-0.3, -0.25) is 14.6 Å². The minimum Gasteiger partial charge on any atom is -0.496 e. The van der Waals surface area contributed by atoms with Crippen LogP contribution in [0, 0.1) is 5.82 Å². The molecule has 166 valence electrons. The van der Waals surface area contributed by atoms with Gasteiger partial charge >= 0.3 is 0 Å². The summed E-state index contributed by atoms with van der Waals surface area (Å²) in [6.45, 7) is 7.29. The fraction of sp³-hybridized carbons (Fsp3) is 0.500. The van der Waals surface area contributed by atoms with Crippen molar-refractivity contribution < 1.29 is 13.9 Å². The van der Waals surface area contributed by atoms with Gasteiger partial charge in [0.05, 0.1) is 13.7 Å². The third-order valence-corrected chi connectivity index (χ3v) is 5.93. The van der Waals surface area contributed by atoms with Crippen molar-refractivity contribution in [2.45, 2.75) is 6.54 Å². The summed E-state index contributed by atoms with van der Waals surface area (Å²) < 4.78 is 19.0. The van der Waals surface area contributed by atoms with Crippen LogP contribution in [0.25, 0.3) is 0 Å². The molecule has 2 aromatic rings. The lowest BCUT2D eigenvalue weighted by Crippen LogP contribution is -2.54. The van der Waals surface area contributed by atoms with Crippen molar-refractivity contribution in [1.82, 2.24) is 24.7 Å². The number of nitrogens with zero attached hydrogens (tertiary/aromatic N) is 6. The van der Waals surface area contributed by atoms with Gasteiger partial charge < -0.3 is 14.5 Å². The highest BCUT2D eigenvalue weighted by atomic mass is 19.1. The zero-order chi connectivity index (χ0) is 21.6. The Bertz CT molecular complexity index is 868. The van der Waals surface area contributed by atoms with Gasteiger partial charge in [0, 0.05) is 76.9 Å². The number of amides is 1. The van der Waals surface area contributed by atoms with E-state index in [4.69, 9.17) is 4.74 Å². The number of aromatic nitrogens is 2. The number of anilines is 1. The summed E-state index contributed by atoms with van der Waals surface area (Å²) in [4.78, 5) is 29.9. The van der Waals surface area contributed by atoms with Gasteiger partial charge in [0.25, 0.3) is 0 Å². The molecule has 0 atom stereocenters. The fourth-order valence-corrected chi connectivity index (χ4v) is 4.12. The Labute approximate surface area is 182 Å². The van der Waals surface area contributed by atoms with Crippen LogP contribution in [-0.2, 0) is 11.3 Å². The van der Waals surface area contributed by atoms with E-state index in [0.717, 1.165) is 50.8 Å². The van der Waals surface area contributed by atoms with Crippen LogP contribution < -0.4 is 9.64 Å². The van der Waals surface area contributed by atoms with Gasteiger partial charge in [0.2, 0.25) is 11.9 Å². The maximum absolute atomic E-state index is 13.6.